The van der Waals surface area contributed by atoms with Gasteiger partial charge in [0.2, 0.25) is 0 Å². The molecule has 0 bridgehead atoms. The number of piperidine rings is 1. The van der Waals surface area contributed by atoms with Gasteiger partial charge in [0.25, 0.3) is 0 Å². The number of aryl methyl sites for hydroxylation is 2. The van der Waals surface area contributed by atoms with Gasteiger partial charge in [-0.25, -0.2) is 0 Å². The average Bonchev–Trinajstić information content (AvgIpc) is 2.33. The summed E-state index contributed by atoms with van der Waals surface area (Å²) < 4.78 is 6.21. The van der Waals surface area contributed by atoms with Gasteiger partial charge >= 0.3 is 0 Å². The first kappa shape index (κ1) is 14.0. The number of benzene rings is 1. The van der Waals surface area contributed by atoms with Gasteiger partial charge < -0.3 is 16.2 Å². The highest BCUT2D eigenvalue weighted by Gasteiger charge is 2.41. The van der Waals surface area contributed by atoms with Crippen molar-refractivity contribution >= 4 is 5.78 Å². The Labute approximate surface area is 114 Å². The maximum atomic E-state index is 12.3. The van der Waals surface area contributed by atoms with Crippen LogP contribution in [0, 0.1) is 13.8 Å². The standard InChI is InChI=1S/C15H19NO2.H3N/c1-10-7-12-13(17)9-15(3-5-16-6-4-15)18-14(12)8-11(10)2;/h7-8,16H,3-6,9H2,1-2H3;1H3. The van der Waals surface area contributed by atoms with E-state index in [4.69, 9.17) is 4.74 Å². The highest BCUT2D eigenvalue weighted by atomic mass is 16.5. The van der Waals surface area contributed by atoms with Crippen molar-refractivity contribution in [2.75, 3.05) is 13.1 Å². The van der Waals surface area contributed by atoms with Crippen LogP contribution >= 0.6 is 0 Å². The number of Topliss-reactive ketones (excluding diaryl/α,β-unsaturated/α-hetero) is 1. The van der Waals surface area contributed by atoms with E-state index in [0.717, 1.165) is 42.8 Å². The number of ether oxygens (including phenoxy) is 1. The smallest absolute Gasteiger partial charge is 0.170 e. The highest BCUT2D eigenvalue weighted by molar-refractivity contribution is 6.00. The lowest BCUT2D eigenvalue weighted by molar-refractivity contribution is 0.0187. The molecule has 0 unspecified atom stereocenters. The molecule has 2 aliphatic rings. The zero-order valence-corrected chi connectivity index (χ0v) is 11.7. The van der Waals surface area contributed by atoms with E-state index >= 15 is 0 Å². The maximum Gasteiger partial charge on any atom is 0.170 e. The van der Waals surface area contributed by atoms with Crippen molar-refractivity contribution in [2.45, 2.75) is 38.7 Å². The molecule has 1 aromatic rings. The lowest BCUT2D eigenvalue weighted by atomic mass is 9.82. The van der Waals surface area contributed by atoms with Crippen LogP contribution in [0.3, 0.4) is 0 Å². The third-order valence-electron chi connectivity index (χ3n) is 4.22. The molecule has 0 radical (unpaired) electrons. The first-order valence-corrected chi connectivity index (χ1v) is 6.64. The van der Waals surface area contributed by atoms with E-state index in [0.29, 0.717) is 6.42 Å². The van der Waals surface area contributed by atoms with Crippen molar-refractivity contribution in [1.29, 1.82) is 0 Å². The van der Waals surface area contributed by atoms with Crippen LogP contribution in [-0.4, -0.2) is 24.5 Å². The van der Waals surface area contributed by atoms with Gasteiger partial charge in [-0.05, 0) is 50.2 Å². The Morgan fingerprint density at radius 3 is 2.47 bits per heavy atom. The molecule has 0 aromatic heterocycles. The fourth-order valence-corrected chi connectivity index (χ4v) is 2.91. The van der Waals surface area contributed by atoms with E-state index in [9.17, 15) is 4.79 Å². The van der Waals surface area contributed by atoms with Gasteiger partial charge in [-0.15, -0.1) is 0 Å². The highest BCUT2D eigenvalue weighted by Crippen LogP contribution is 2.39. The van der Waals surface area contributed by atoms with Crippen LogP contribution in [0.25, 0.3) is 0 Å². The summed E-state index contributed by atoms with van der Waals surface area (Å²) in [5, 5.41) is 3.32. The number of hydrogen-bond donors (Lipinski definition) is 2. The molecule has 1 saturated heterocycles. The molecule has 3 rings (SSSR count). The molecule has 0 atom stereocenters. The van der Waals surface area contributed by atoms with Crippen molar-refractivity contribution in [3.8, 4) is 5.75 Å². The lowest BCUT2D eigenvalue weighted by Crippen LogP contribution is -2.49. The topological polar surface area (TPSA) is 73.3 Å². The maximum absolute atomic E-state index is 12.3. The van der Waals surface area contributed by atoms with Gasteiger partial charge in [0, 0.05) is 12.8 Å². The summed E-state index contributed by atoms with van der Waals surface area (Å²) in [6, 6.07) is 3.99. The molecule has 0 saturated carbocycles. The fraction of sp³-hybridized carbons (Fsp3) is 0.533. The molecule has 1 fully saturated rings. The van der Waals surface area contributed by atoms with Crippen LogP contribution in [0.15, 0.2) is 12.1 Å². The minimum absolute atomic E-state index is 0. The van der Waals surface area contributed by atoms with Crippen LogP contribution in [0.4, 0.5) is 0 Å². The summed E-state index contributed by atoms with van der Waals surface area (Å²) in [4.78, 5) is 12.3. The van der Waals surface area contributed by atoms with Crippen LogP contribution < -0.4 is 16.2 Å². The van der Waals surface area contributed by atoms with Crippen molar-refractivity contribution in [2.24, 2.45) is 0 Å². The minimum atomic E-state index is -0.253. The third kappa shape index (κ3) is 2.38. The van der Waals surface area contributed by atoms with E-state index < -0.39 is 0 Å². The molecule has 0 aliphatic carbocycles. The molecular formula is C15H22N2O2. The van der Waals surface area contributed by atoms with Gasteiger partial charge in [0.15, 0.2) is 5.78 Å². The Balaban J connectivity index is 0.00000133. The van der Waals surface area contributed by atoms with Crippen molar-refractivity contribution in [3.63, 3.8) is 0 Å². The first-order valence-electron chi connectivity index (χ1n) is 6.64. The predicted octanol–water partition coefficient (Wildman–Crippen LogP) is 2.55. The molecule has 1 aromatic carbocycles. The summed E-state index contributed by atoms with van der Waals surface area (Å²) in [7, 11) is 0. The van der Waals surface area contributed by atoms with Crippen molar-refractivity contribution in [1.82, 2.24) is 11.5 Å². The van der Waals surface area contributed by atoms with E-state index in [1.165, 1.54) is 5.56 Å². The number of fused-ring (bicyclic) bond motifs is 1. The summed E-state index contributed by atoms with van der Waals surface area (Å²) in [5.74, 6) is 1.03. The molecule has 4 nitrogen and oxygen atoms in total. The van der Waals surface area contributed by atoms with Crippen molar-refractivity contribution < 1.29 is 9.53 Å². The lowest BCUT2D eigenvalue weighted by Gasteiger charge is -2.41. The van der Waals surface area contributed by atoms with Crippen LogP contribution in [0.5, 0.6) is 5.75 Å². The Kier molecular flexibility index (Phi) is 3.65. The normalized spacial score (nSPS) is 20.4. The Hall–Kier alpha value is -1.39. The summed E-state index contributed by atoms with van der Waals surface area (Å²) >= 11 is 0. The van der Waals surface area contributed by atoms with E-state index in [2.05, 4.69) is 12.2 Å². The SMILES string of the molecule is Cc1cc2c(cc1C)C(=O)CC1(CCNCC1)O2.N. The van der Waals surface area contributed by atoms with Gasteiger partial charge in [-0.2, -0.15) is 0 Å². The number of carbonyl (C=O) groups is 1. The zero-order valence-electron chi connectivity index (χ0n) is 11.7. The molecule has 4 heteroatoms. The van der Waals surface area contributed by atoms with Crippen LogP contribution in [0.1, 0.15) is 40.7 Å². The van der Waals surface area contributed by atoms with Crippen molar-refractivity contribution in [3.05, 3.63) is 28.8 Å². The molecule has 2 heterocycles. The Bertz CT molecular complexity index is 505. The molecule has 1 spiro atoms. The summed E-state index contributed by atoms with van der Waals surface area (Å²) in [6.07, 6.45) is 2.38. The Morgan fingerprint density at radius 1 is 1.16 bits per heavy atom. The second-order valence-corrected chi connectivity index (χ2v) is 5.57. The summed E-state index contributed by atoms with van der Waals surface area (Å²) in [5.41, 5.74) is 2.86. The fourth-order valence-electron chi connectivity index (χ4n) is 2.91. The average molecular weight is 262 g/mol. The second kappa shape index (κ2) is 4.94. The van der Waals surface area contributed by atoms with Crippen LogP contribution in [-0.2, 0) is 0 Å². The molecular weight excluding hydrogens is 240 g/mol. The first-order chi connectivity index (χ1) is 8.60. The number of nitrogens with one attached hydrogen (secondary N) is 1. The third-order valence-corrected chi connectivity index (χ3v) is 4.22. The number of rotatable bonds is 0. The number of ketones is 1. The largest absolute Gasteiger partial charge is 0.486 e. The second-order valence-electron chi connectivity index (χ2n) is 5.57. The Morgan fingerprint density at radius 2 is 1.79 bits per heavy atom. The minimum Gasteiger partial charge on any atom is -0.486 e. The number of hydrogen-bond acceptors (Lipinski definition) is 4. The van der Waals surface area contributed by atoms with Gasteiger partial charge in [0.05, 0.1) is 12.0 Å². The quantitative estimate of drug-likeness (QED) is 0.753. The predicted molar refractivity (Wildman–Crippen MR) is 75.3 cm³/mol. The molecule has 19 heavy (non-hydrogen) atoms. The van der Waals surface area contributed by atoms with E-state index in [-0.39, 0.29) is 17.5 Å². The molecule has 0 amide bonds. The zero-order chi connectivity index (χ0) is 12.8. The van der Waals surface area contributed by atoms with Gasteiger partial charge in [0.1, 0.15) is 11.4 Å². The van der Waals surface area contributed by atoms with Crippen LogP contribution in [0.2, 0.25) is 0 Å². The number of carbonyl (C=O) groups excluding carboxylic acids is 1. The van der Waals surface area contributed by atoms with E-state index in [1.807, 2.05) is 19.1 Å². The molecule has 4 N–H and O–H groups in total. The molecule has 2 aliphatic heterocycles. The summed E-state index contributed by atoms with van der Waals surface area (Å²) in [6.45, 7) is 5.98. The monoisotopic (exact) mass is 262 g/mol. The van der Waals surface area contributed by atoms with Gasteiger partial charge in [-0.1, -0.05) is 0 Å². The van der Waals surface area contributed by atoms with Gasteiger partial charge in [-0.3, -0.25) is 4.79 Å². The van der Waals surface area contributed by atoms with E-state index in [1.54, 1.807) is 0 Å². The molecule has 104 valence electrons.